The van der Waals surface area contributed by atoms with E-state index in [9.17, 15) is 9.90 Å². The first-order valence-corrected chi connectivity index (χ1v) is 13.4. The Kier molecular flexibility index (Phi) is 14.4. The fraction of sp³-hybridized carbons (Fsp3) is 0.469. The third kappa shape index (κ3) is 11.2. The maximum absolute atomic E-state index is 13.3. The summed E-state index contributed by atoms with van der Waals surface area (Å²) < 4.78 is 28.4. The van der Waals surface area contributed by atoms with Crippen LogP contribution < -0.4 is 4.74 Å². The molecule has 0 radical (unpaired) electrons. The zero-order chi connectivity index (χ0) is 28.6. The van der Waals surface area contributed by atoms with E-state index in [-0.39, 0.29) is 30.1 Å². The van der Waals surface area contributed by atoms with E-state index < -0.39 is 12.1 Å². The van der Waals surface area contributed by atoms with Gasteiger partial charge in [0.1, 0.15) is 30.0 Å². The summed E-state index contributed by atoms with van der Waals surface area (Å²) in [5, 5.41) is 10.5. The molecule has 0 fully saturated rings. The van der Waals surface area contributed by atoms with Gasteiger partial charge in [-0.1, -0.05) is 48.9 Å². The van der Waals surface area contributed by atoms with Gasteiger partial charge in [0.2, 0.25) is 0 Å². The zero-order valence-electron chi connectivity index (χ0n) is 24.0. The molecule has 39 heavy (non-hydrogen) atoms. The number of phenolic OH excluding ortho intramolecular Hbond substituents is 1. The number of methoxy groups -OCH3 is 2. The second kappa shape index (κ2) is 17.5. The summed E-state index contributed by atoms with van der Waals surface area (Å²) >= 11 is 0. The maximum Gasteiger partial charge on any atom is 0.342 e. The standard InChI is InChI=1S/C32H44O7/c1-7-9-26-10-8-11-29(33)31(26)32(34)39-28(18-19-37-21-25-14-16-27(36-6)17-15-25)20-30(38-22-35-5)24(4)13-12-23(2)3/h7-8,10-12,14-17,24,28,30,33H,1,9,13,18-22H2,2-6H3/t24-,28-,30+/m0/s1. The Hall–Kier alpha value is -3.13. The monoisotopic (exact) mass is 540 g/mol. The smallest absolute Gasteiger partial charge is 0.342 e. The largest absolute Gasteiger partial charge is 0.507 e. The molecular weight excluding hydrogens is 496 g/mol. The highest BCUT2D eigenvalue weighted by Gasteiger charge is 2.27. The molecular formula is C32H44O7. The SMILES string of the molecule is C=CCc1cccc(O)c1C(=O)O[C@@H](CCOCc1ccc(OC)cc1)C[C@@H](OCOC)[C@@H](C)CC=C(C)C. The number of esters is 1. The Morgan fingerprint density at radius 3 is 2.49 bits per heavy atom. The lowest BCUT2D eigenvalue weighted by molar-refractivity contribution is -0.104. The highest BCUT2D eigenvalue weighted by Crippen LogP contribution is 2.26. The topological polar surface area (TPSA) is 83.5 Å². The number of rotatable bonds is 18. The highest BCUT2D eigenvalue weighted by atomic mass is 16.7. The lowest BCUT2D eigenvalue weighted by Crippen LogP contribution is -2.31. The van der Waals surface area contributed by atoms with Crippen molar-refractivity contribution in [1.82, 2.24) is 0 Å². The van der Waals surface area contributed by atoms with Crippen molar-refractivity contribution >= 4 is 5.97 Å². The summed E-state index contributed by atoms with van der Waals surface area (Å²) in [4.78, 5) is 13.3. The number of hydrogen-bond donors (Lipinski definition) is 1. The highest BCUT2D eigenvalue weighted by molar-refractivity contribution is 5.94. The zero-order valence-corrected chi connectivity index (χ0v) is 24.0. The van der Waals surface area contributed by atoms with Crippen LogP contribution in [0.15, 0.2) is 66.8 Å². The van der Waals surface area contributed by atoms with Gasteiger partial charge in [-0.2, -0.15) is 0 Å². The number of ether oxygens (including phenoxy) is 5. The fourth-order valence-corrected chi connectivity index (χ4v) is 4.16. The molecule has 0 saturated carbocycles. The average molecular weight is 541 g/mol. The molecule has 2 aromatic rings. The molecule has 7 heteroatoms. The number of carbonyl (C=O) groups excluding carboxylic acids is 1. The Morgan fingerprint density at radius 1 is 1.10 bits per heavy atom. The van der Waals surface area contributed by atoms with E-state index in [0.717, 1.165) is 17.7 Å². The molecule has 2 rings (SSSR count). The van der Waals surface area contributed by atoms with Crippen molar-refractivity contribution < 1.29 is 33.6 Å². The minimum absolute atomic E-state index is 0.113. The van der Waals surface area contributed by atoms with E-state index in [1.54, 1.807) is 32.4 Å². The summed E-state index contributed by atoms with van der Waals surface area (Å²) in [6, 6.07) is 12.7. The molecule has 0 heterocycles. The van der Waals surface area contributed by atoms with Crippen LogP contribution in [0.25, 0.3) is 0 Å². The predicted molar refractivity (Wildman–Crippen MR) is 153 cm³/mol. The van der Waals surface area contributed by atoms with Crippen molar-refractivity contribution in [3.63, 3.8) is 0 Å². The van der Waals surface area contributed by atoms with Crippen LogP contribution >= 0.6 is 0 Å². The molecule has 0 aliphatic carbocycles. The third-order valence-electron chi connectivity index (χ3n) is 6.41. The predicted octanol–water partition coefficient (Wildman–Crippen LogP) is 6.63. The second-order valence-corrected chi connectivity index (χ2v) is 9.86. The number of phenols is 1. The molecule has 3 atom stereocenters. The van der Waals surface area contributed by atoms with E-state index in [1.165, 1.54) is 11.6 Å². The normalized spacial score (nSPS) is 13.3. The molecule has 0 spiro atoms. The minimum Gasteiger partial charge on any atom is -0.507 e. The van der Waals surface area contributed by atoms with Crippen LogP contribution in [-0.4, -0.2) is 50.9 Å². The maximum atomic E-state index is 13.3. The number of allylic oxidation sites excluding steroid dienone is 3. The summed E-state index contributed by atoms with van der Waals surface area (Å²) in [7, 11) is 3.22. The lowest BCUT2D eigenvalue weighted by Gasteiger charge is -2.28. The van der Waals surface area contributed by atoms with Gasteiger partial charge in [0.15, 0.2) is 0 Å². The summed E-state index contributed by atoms with van der Waals surface area (Å²) in [6.07, 6.45) is 5.35. The van der Waals surface area contributed by atoms with Crippen LogP contribution in [-0.2, 0) is 32.0 Å². The van der Waals surface area contributed by atoms with Crippen LogP contribution in [0.1, 0.15) is 61.5 Å². The number of aromatic hydroxyl groups is 1. The van der Waals surface area contributed by atoms with Crippen LogP contribution in [0.5, 0.6) is 11.5 Å². The van der Waals surface area contributed by atoms with Crippen molar-refractivity contribution in [2.45, 2.75) is 65.3 Å². The first-order valence-electron chi connectivity index (χ1n) is 13.4. The number of hydrogen-bond acceptors (Lipinski definition) is 7. The third-order valence-corrected chi connectivity index (χ3v) is 6.41. The second-order valence-electron chi connectivity index (χ2n) is 9.86. The van der Waals surface area contributed by atoms with Gasteiger partial charge in [-0.05, 0) is 61.9 Å². The summed E-state index contributed by atoms with van der Waals surface area (Å²) in [6.45, 7) is 10.9. The summed E-state index contributed by atoms with van der Waals surface area (Å²) in [5.41, 5.74) is 3.07. The lowest BCUT2D eigenvalue weighted by atomic mass is 9.94. The Bertz CT molecular complexity index is 1040. The van der Waals surface area contributed by atoms with Crippen molar-refractivity contribution in [1.29, 1.82) is 0 Å². The van der Waals surface area contributed by atoms with E-state index in [0.29, 0.717) is 38.0 Å². The number of benzene rings is 2. The van der Waals surface area contributed by atoms with Crippen LogP contribution in [0.4, 0.5) is 0 Å². The summed E-state index contributed by atoms with van der Waals surface area (Å²) in [5.74, 6) is 0.262. The van der Waals surface area contributed by atoms with Crippen molar-refractivity contribution in [3.05, 3.63) is 83.5 Å². The molecule has 0 bridgehead atoms. The van der Waals surface area contributed by atoms with Gasteiger partial charge in [-0.15, -0.1) is 6.58 Å². The Balaban J connectivity index is 2.17. The Labute approximate surface area is 233 Å². The van der Waals surface area contributed by atoms with Gasteiger partial charge in [0, 0.05) is 20.0 Å². The molecule has 1 N–H and O–H groups in total. The van der Waals surface area contributed by atoms with Crippen LogP contribution in [0.3, 0.4) is 0 Å². The first kappa shape index (κ1) is 32.1. The van der Waals surface area contributed by atoms with Crippen molar-refractivity contribution in [2.75, 3.05) is 27.6 Å². The molecule has 0 aliphatic heterocycles. The van der Waals surface area contributed by atoms with Gasteiger partial charge in [0.25, 0.3) is 0 Å². The van der Waals surface area contributed by atoms with Crippen molar-refractivity contribution in [3.8, 4) is 11.5 Å². The molecule has 0 aliphatic rings. The van der Waals surface area contributed by atoms with E-state index in [2.05, 4.69) is 33.4 Å². The van der Waals surface area contributed by atoms with Gasteiger partial charge < -0.3 is 28.8 Å². The molecule has 214 valence electrons. The van der Waals surface area contributed by atoms with E-state index in [4.69, 9.17) is 23.7 Å². The van der Waals surface area contributed by atoms with Crippen LogP contribution in [0, 0.1) is 5.92 Å². The molecule has 0 amide bonds. The van der Waals surface area contributed by atoms with Gasteiger partial charge in [0.05, 0.1) is 26.4 Å². The first-order chi connectivity index (χ1) is 18.8. The van der Waals surface area contributed by atoms with E-state index >= 15 is 0 Å². The molecule has 7 nitrogen and oxygen atoms in total. The van der Waals surface area contributed by atoms with Crippen LogP contribution in [0.2, 0.25) is 0 Å². The minimum atomic E-state index is -0.576. The average Bonchev–Trinajstić information content (AvgIpc) is 2.92. The van der Waals surface area contributed by atoms with Gasteiger partial charge >= 0.3 is 5.97 Å². The molecule has 0 saturated heterocycles. The Morgan fingerprint density at radius 2 is 1.85 bits per heavy atom. The molecule has 0 aromatic heterocycles. The number of carbonyl (C=O) groups is 1. The van der Waals surface area contributed by atoms with E-state index in [1.807, 2.05) is 24.3 Å². The van der Waals surface area contributed by atoms with Gasteiger partial charge in [-0.3, -0.25) is 0 Å². The fourth-order valence-electron chi connectivity index (χ4n) is 4.16. The van der Waals surface area contributed by atoms with Gasteiger partial charge in [-0.25, -0.2) is 4.79 Å². The quantitative estimate of drug-likeness (QED) is 0.0983. The molecule has 2 aromatic carbocycles. The molecule has 0 unspecified atom stereocenters. The van der Waals surface area contributed by atoms with Crippen molar-refractivity contribution in [2.24, 2.45) is 5.92 Å².